The molecule has 0 atom stereocenters. The maximum absolute atomic E-state index is 12.4. The third kappa shape index (κ3) is 3.07. The first-order chi connectivity index (χ1) is 11.6. The van der Waals surface area contributed by atoms with Crippen LogP contribution < -0.4 is 11.1 Å². The van der Waals surface area contributed by atoms with Gasteiger partial charge in [0.25, 0.3) is 5.91 Å². The molecule has 2 heterocycles. The van der Waals surface area contributed by atoms with Crippen molar-refractivity contribution in [1.82, 2.24) is 4.98 Å². The number of anilines is 2. The Balaban J connectivity index is 1.79. The highest BCUT2D eigenvalue weighted by Crippen LogP contribution is 2.32. The van der Waals surface area contributed by atoms with Gasteiger partial charge in [0.1, 0.15) is 9.71 Å². The number of nitrogen functional groups attached to an aromatic ring is 1. The van der Waals surface area contributed by atoms with E-state index in [0.29, 0.717) is 28.4 Å². The Morgan fingerprint density at radius 3 is 2.67 bits per heavy atom. The van der Waals surface area contributed by atoms with Gasteiger partial charge in [-0.3, -0.25) is 4.79 Å². The van der Waals surface area contributed by atoms with E-state index in [9.17, 15) is 9.59 Å². The second-order valence-electron chi connectivity index (χ2n) is 4.95. The summed E-state index contributed by atoms with van der Waals surface area (Å²) in [4.78, 5) is 29.4. The lowest BCUT2D eigenvalue weighted by Crippen LogP contribution is -2.12. The zero-order valence-electron chi connectivity index (χ0n) is 12.9. The van der Waals surface area contributed by atoms with Crippen LogP contribution >= 0.6 is 11.3 Å². The first-order valence-corrected chi connectivity index (χ1v) is 8.13. The Morgan fingerprint density at radius 1 is 1.25 bits per heavy atom. The third-order valence-corrected chi connectivity index (χ3v) is 4.49. The average Bonchev–Trinajstić information content (AvgIpc) is 2.93. The van der Waals surface area contributed by atoms with Gasteiger partial charge in [-0.15, -0.1) is 11.3 Å². The molecule has 6 nitrogen and oxygen atoms in total. The topological polar surface area (TPSA) is 94.3 Å². The Labute approximate surface area is 142 Å². The second-order valence-corrected chi connectivity index (χ2v) is 5.95. The predicted octanol–water partition coefficient (Wildman–Crippen LogP) is 3.31. The summed E-state index contributed by atoms with van der Waals surface area (Å²) >= 11 is 1.24. The number of hydrogen-bond acceptors (Lipinski definition) is 6. The first-order valence-electron chi connectivity index (χ1n) is 7.31. The molecule has 0 saturated heterocycles. The molecule has 0 fully saturated rings. The highest BCUT2D eigenvalue weighted by Gasteiger charge is 2.17. The van der Waals surface area contributed by atoms with Crippen molar-refractivity contribution in [2.75, 3.05) is 17.7 Å². The van der Waals surface area contributed by atoms with Crippen molar-refractivity contribution in [1.29, 1.82) is 0 Å². The van der Waals surface area contributed by atoms with E-state index in [1.165, 1.54) is 11.3 Å². The minimum atomic E-state index is -0.393. The van der Waals surface area contributed by atoms with Crippen molar-refractivity contribution >= 4 is 44.8 Å². The summed E-state index contributed by atoms with van der Waals surface area (Å²) in [7, 11) is 0. The number of aromatic nitrogens is 1. The Bertz CT molecular complexity index is 903. The van der Waals surface area contributed by atoms with Crippen LogP contribution in [0.3, 0.4) is 0 Å². The average molecular weight is 341 g/mol. The molecule has 122 valence electrons. The number of benzene rings is 1. The van der Waals surface area contributed by atoms with Crippen LogP contribution in [0.4, 0.5) is 11.4 Å². The summed E-state index contributed by atoms with van der Waals surface area (Å²) < 4.78 is 4.92. The van der Waals surface area contributed by atoms with Gasteiger partial charge in [0, 0.05) is 17.3 Å². The SMILES string of the molecule is CCOC(=O)c1ccc(NC(=O)c2sc3ncccc3c2N)cc1. The third-order valence-electron chi connectivity index (χ3n) is 3.36. The minimum Gasteiger partial charge on any atom is -0.462 e. The molecule has 2 aromatic heterocycles. The number of nitrogens with zero attached hydrogens (tertiary/aromatic N) is 1. The number of amides is 1. The Morgan fingerprint density at radius 2 is 2.00 bits per heavy atom. The summed E-state index contributed by atoms with van der Waals surface area (Å²) in [5.74, 6) is -0.699. The number of nitrogens with two attached hydrogens (primary N) is 1. The zero-order chi connectivity index (χ0) is 17.1. The van der Waals surface area contributed by atoms with Gasteiger partial charge in [-0.05, 0) is 43.3 Å². The van der Waals surface area contributed by atoms with Crippen molar-refractivity contribution in [2.24, 2.45) is 0 Å². The number of nitrogens with one attached hydrogen (secondary N) is 1. The van der Waals surface area contributed by atoms with Gasteiger partial charge in [0.15, 0.2) is 0 Å². The molecule has 3 rings (SSSR count). The molecular formula is C17H15N3O3S. The largest absolute Gasteiger partial charge is 0.462 e. The highest BCUT2D eigenvalue weighted by molar-refractivity contribution is 7.21. The van der Waals surface area contributed by atoms with E-state index in [1.54, 1.807) is 43.5 Å². The number of thiophene rings is 1. The summed E-state index contributed by atoms with van der Waals surface area (Å²) in [5.41, 5.74) is 7.46. The number of pyridine rings is 1. The fourth-order valence-corrected chi connectivity index (χ4v) is 3.17. The van der Waals surface area contributed by atoms with E-state index in [1.807, 2.05) is 6.07 Å². The van der Waals surface area contributed by atoms with Crippen LogP contribution in [0.15, 0.2) is 42.6 Å². The maximum Gasteiger partial charge on any atom is 0.338 e. The smallest absolute Gasteiger partial charge is 0.338 e. The number of ether oxygens (including phenoxy) is 1. The molecule has 0 bridgehead atoms. The van der Waals surface area contributed by atoms with E-state index in [0.717, 1.165) is 10.2 Å². The molecule has 0 aliphatic rings. The number of rotatable bonds is 4. The molecule has 1 aromatic carbocycles. The van der Waals surface area contributed by atoms with Crippen molar-refractivity contribution in [3.8, 4) is 0 Å². The molecular weight excluding hydrogens is 326 g/mol. The molecule has 0 unspecified atom stereocenters. The lowest BCUT2D eigenvalue weighted by Gasteiger charge is -2.06. The van der Waals surface area contributed by atoms with Crippen LogP contribution in [0.5, 0.6) is 0 Å². The fraction of sp³-hybridized carbons (Fsp3) is 0.118. The van der Waals surface area contributed by atoms with Crippen LogP contribution in [0, 0.1) is 0 Å². The van der Waals surface area contributed by atoms with Crippen molar-refractivity contribution in [3.63, 3.8) is 0 Å². The summed E-state index contributed by atoms with van der Waals surface area (Å²) in [6, 6.07) is 10.1. The number of hydrogen-bond donors (Lipinski definition) is 2. The zero-order valence-corrected chi connectivity index (χ0v) is 13.7. The molecule has 0 spiro atoms. The van der Waals surface area contributed by atoms with Gasteiger partial charge in [0.05, 0.1) is 17.9 Å². The molecule has 0 aliphatic heterocycles. The fourth-order valence-electron chi connectivity index (χ4n) is 2.21. The van der Waals surface area contributed by atoms with Crippen molar-refractivity contribution in [2.45, 2.75) is 6.92 Å². The van der Waals surface area contributed by atoms with Gasteiger partial charge < -0.3 is 15.8 Å². The van der Waals surface area contributed by atoms with Gasteiger partial charge in [0.2, 0.25) is 0 Å². The molecule has 7 heteroatoms. The van der Waals surface area contributed by atoms with Crippen molar-refractivity contribution in [3.05, 3.63) is 53.0 Å². The molecule has 0 aliphatic carbocycles. The van der Waals surface area contributed by atoms with Gasteiger partial charge in [-0.2, -0.15) is 0 Å². The predicted molar refractivity (Wildman–Crippen MR) is 94.4 cm³/mol. The lowest BCUT2D eigenvalue weighted by atomic mass is 10.2. The normalized spacial score (nSPS) is 10.5. The van der Waals surface area contributed by atoms with Crippen LogP contribution in [0.25, 0.3) is 10.2 Å². The Kier molecular flexibility index (Phi) is 4.43. The van der Waals surface area contributed by atoms with E-state index in [-0.39, 0.29) is 5.91 Å². The van der Waals surface area contributed by atoms with E-state index >= 15 is 0 Å². The van der Waals surface area contributed by atoms with E-state index < -0.39 is 5.97 Å². The number of esters is 1. The summed E-state index contributed by atoms with van der Waals surface area (Å²) in [6.07, 6.45) is 1.66. The molecule has 0 radical (unpaired) electrons. The summed E-state index contributed by atoms with van der Waals surface area (Å²) in [6.45, 7) is 2.06. The number of carbonyl (C=O) groups is 2. The van der Waals surface area contributed by atoms with Crippen LogP contribution in [0.1, 0.15) is 27.0 Å². The Hall–Kier alpha value is -2.93. The first kappa shape index (κ1) is 15.9. The standard InChI is InChI=1S/C17H15N3O3S/c1-2-23-17(22)10-5-7-11(8-6-10)20-15(21)14-13(18)12-4-3-9-19-16(12)24-14/h3-9H,2,18H2,1H3,(H,20,21). The highest BCUT2D eigenvalue weighted by atomic mass is 32.1. The maximum atomic E-state index is 12.4. The molecule has 3 aromatic rings. The van der Waals surface area contributed by atoms with Gasteiger partial charge in [-0.25, -0.2) is 9.78 Å². The number of fused-ring (bicyclic) bond motifs is 1. The van der Waals surface area contributed by atoms with E-state index in [2.05, 4.69) is 10.3 Å². The van der Waals surface area contributed by atoms with Gasteiger partial charge >= 0.3 is 5.97 Å². The molecule has 24 heavy (non-hydrogen) atoms. The van der Waals surface area contributed by atoms with Crippen LogP contribution in [0.2, 0.25) is 0 Å². The number of carbonyl (C=O) groups excluding carboxylic acids is 2. The van der Waals surface area contributed by atoms with Gasteiger partial charge in [-0.1, -0.05) is 0 Å². The van der Waals surface area contributed by atoms with Crippen LogP contribution in [-0.2, 0) is 4.74 Å². The second kappa shape index (κ2) is 6.67. The van der Waals surface area contributed by atoms with Crippen LogP contribution in [-0.4, -0.2) is 23.5 Å². The molecule has 1 amide bonds. The quantitative estimate of drug-likeness (QED) is 0.710. The molecule has 0 saturated carbocycles. The lowest BCUT2D eigenvalue weighted by molar-refractivity contribution is 0.0526. The summed E-state index contributed by atoms with van der Waals surface area (Å²) in [5, 5.41) is 3.54. The van der Waals surface area contributed by atoms with Crippen molar-refractivity contribution < 1.29 is 14.3 Å². The molecule has 3 N–H and O–H groups in total. The monoisotopic (exact) mass is 341 g/mol. The van der Waals surface area contributed by atoms with E-state index in [4.69, 9.17) is 10.5 Å². The minimum absolute atomic E-state index is 0.306.